The molecule has 1 aromatic rings. The number of alkyl halides is 2. The highest BCUT2D eigenvalue weighted by molar-refractivity contribution is 9.10. The Morgan fingerprint density at radius 2 is 2.11 bits per heavy atom. The number of rotatable bonds is 6. The van der Waals surface area contributed by atoms with E-state index in [0.29, 0.717) is 44.0 Å². The number of halogens is 3. The number of hydrogen-bond donors (Lipinski definition) is 1. The van der Waals surface area contributed by atoms with Gasteiger partial charge in [0.1, 0.15) is 5.75 Å². The van der Waals surface area contributed by atoms with Gasteiger partial charge in [-0.25, -0.2) is 4.99 Å². The predicted octanol–water partition coefficient (Wildman–Crippen LogP) is 3.40. The van der Waals surface area contributed by atoms with Gasteiger partial charge in [-0.05, 0) is 38.0 Å². The maximum absolute atomic E-state index is 12.6. The summed E-state index contributed by atoms with van der Waals surface area (Å²) in [4.78, 5) is 18.3. The molecule has 1 aliphatic rings. The Morgan fingerprint density at radius 1 is 1.41 bits per heavy atom. The lowest BCUT2D eigenvalue weighted by Crippen LogP contribution is -2.46. The van der Waals surface area contributed by atoms with E-state index in [9.17, 15) is 13.6 Å². The zero-order valence-electron chi connectivity index (χ0n) is 15.4. The summed E-state index contributed by atoms with van der Waals surface area (Å²) in [5, 5.41) is 3.21. The summed E-state index contributed by atoms with van der Waals surface area (Å²) in [6, 6.07) is 4.86. The molecular formula is C18H24BrF2N3O3. The normalized spacial score (nSPS) is 15.8. The van der Waals surface area contributed by atoms with Gasteiger partial charge in [0, 0.05) is 29.7 Å². The molecule has 0 aliphatic carbocycles. The Labute approximate surface area is 166 Å². The first-order chi connectivity index (χ1) is 12.9. The van der Waals surface area contributed by atoms with Crippen LogP contribution in [0.15, 0.2) is 27.7 Å². The summed E-state index contributed by atoms with van der Waals surface area (Å²) in [6.07, 6.45) is 1.38. The molecule has 0 amide bonds. The van der Waals surface area contributed by atoms with Gasteiger partial charge in [0.2, 0.25) is 0 Å². The Bertz CT molecular complexity index is 665. The summed E-state index contributed by atoms with van der Waals surface area (Å²) in [5.41, 5.74) is 0.560. The zero-order valence-corrected chi connectivity index (χ0v) is 17.0. The number of ether oxygens (including phenoxy) is 2. The lowest BCUT2D eigenvalue weighted by atomic mass is 9.97. The standard InChI is InChI=1S/C18H24BrF2N3O3/c1-3-22-18(24-8-6-12(7-9-24)16(25)26-2)23-11-13-10-14(19)4-5-15(13)27-17(20)21/h4-5,10,12,17H,3,6-9,11H2,1-2H3,(H,22,23). The fourth-order valence-corrected chi connectivity index (χ4v) is 3.37. The topological polar surface area (TPSA) is 63.2 Å². The number of aliphatic imine (C=N–C) groups is 1. The Kier molecular flexibility index (Phi) is 8.27. The average Bonchev–Trinajstić information content (AvgIpc) is 2.66. The van der Waals surface area contributed by atoms with Crippen LogP contribution in [0.2, 0.25) is 0 Å². The molecule has 2 rings (SSSR count). The number of nitrogens with zero attached hydrogens (tertiary/aromatic N) is 2. The van der Waals surface area contributed by atoms with E-state index < -0.39 is 6.61 Å². The number of carbonyl (C=O) groups excluding carboxylic acids is 1. The zero-order chi connectivity index (χ0) is 19.8. The molecule has 9 heteroatoms. The minimum atomic E-state index is -2.89. The van der Waals surface area contributed by atoms with Crippen molar-refractivity contribution in [2.24, 2.45) is 10.9 Å². The third kappa shape index (κ3) is 6.34. The molecule has 1 N–H and O–H groups in total. The van der Waals surface area contributed by atoms with Gasteiger partial charge in [0.05, 0.1) is 19.6 Å². The lowest BCUT2D eigenvalue weighted by molar-refractivity contribution is -0.146. The fraction of sp³-hybridized carbons (Fsp3) is 0.556. The van der Waals surface area contributed by atoms with Gasteiger partial charge in [0.25, 0.3) is 0 Å². The SMILES string of the molecule is CCNC(=NCc1cc(Br)ccc1OC(F)F)N1CCC(C(=O)OC)CC1. The third-order valence-electron chi connectivity index (χ3n) is 4.30. The van der Waals surface area contributed by atoms with Crippen LogP contribution in [0.4, 0.5) is 8.78 Å². The number of nitrogens with one attached hydrogen (secondary N) is 1. The van der Waals surface area contributed by atoms with Crippen LogP contribution in [0, 0.1) is 5.92 Å². The molecule has 0 unspecified atom stereocenters. The lowest BCUT2D eigenvalue weighted by Gasteiger charge is -2.33. The summed E-state index contributed by atoms with van der Waals surface area (Å²) in [7, 11) is 1.40. The first-order valence-electron chi connectivity index (χ1n) is 8.79. The second-order valence-electron chi connectivity index (χ2n) is 6.09. The summed E-state index contributed by atoms with van der Waals surface area (Å²) in [6.45, 7) is 1.28. The van der Waals surface area contributed by atoms with Crippen LogP contribution < -0.4 is 10.1 Å². The van der Waals surface area contributed by atoms with Crippen LogP contribution in [0.1, 0.15) is 25.3 Å². The van der Waals surface area contributed by atoms with Gasteiger partial charge in [-0.1, -0.05) is 15.9 Å². The van der Waals surface area contributed by atoms with Crippen molar-refractivity contribution >= 4 is 27.9 Å². The highest BCUT2D eigenvalue weighted by atomic mass is 79.9. The molecule has 0 bridgehead atoms. The maximum Gasteiger partial charge on any atom is 0.387 e. The van der Waals surface area contributed by atoms with Gasteiger partial charge < -0.3 is 19.7 Å². The monoisotopic (exact) mass is 447 g/mol. The van der Waals surface area contributed by atoms with Crippen molar-refractivity contribution in [3.63, 3.8) is 0 Å². The summed E-state index contributed by atoms with van der Waals surface area (Å²) >= 11 is 3.34. The van der Waals surface area contributed by atoms with Crippen molar-refractivity contribution in [3.05, 3.63) is 28.2 Å². The maximum atomic E-state index is 12.6. The second-order valence-corrected chi connectivity index (χ2v) is 7.00. The quantitative estimate of drug-likeness (QED) is 0.411. The van der Waals surface area contributed by atoms with E-state index in [0.717, 1.165) is 4.47 Å². The Balaban J connectivity index is 2.10. The molecule has 1 aliphatic heterocycles. The van der Waals surface area contributed by atoms with Gasteiger partial charge in [-0.2, -0.15) is 8.78 Å². The largest absolute Gasteiger partial charge is 0.469 e. The van der Waals surface area contributed by atoms with E-state index in [-0.39, 0.29) is 24.2 Å². The molecule has 27 heavy (non-hydrogen) atoms. The Hall–Kier alpha value is -1.90. The molecular weight excluding hydrogens is 424 g/mol. The first kappa shape index (κ1) is 21.4. The first-order valence-corrected chi connectivity index (χ1v) is 9.58. The van der Waals surface area contributed by atoms with Crippen LogP contribution in [0.5, 0.6) is 5.75 Å². The second kappa shape index (κ2) is 10.4. The number of likely N-dealkylation sites (tertiary alicyclic amines) is 1. The van der Waals surface area contributed by atoms with E-state index in [2.05, 4.69) is 35.9 Å². The van der Waals surface area contributed by atoms with Crippen LogP contribution in [-0.4, -0.2) is 50.2 Å². The van der Waals surface area contributed by atoms with Crippen molar-refractivity contribution in [2.45, 2.75) is 32.9 Å². The van der Waals surface area contributed by atoms with Crippen molar-refractivity contribution in [2.75, 3.05) is 26.7 Å². The summed E-state index contributed by atoms with van der Waals surface area (Å²) in [5.74, 6) is 0.519. The van der Waals surface area contributed by atoms with Gasteiger partial charge in [-0.15, -0.1) is 0 Å². The molecule has 0 radical (unpaired) electrons. The average molecular weight is 448 g/mol. The van der Waals surface area contributed by atoms with E-state index >= 15 is 0 Å². The number of methoxy groups -OCH3 is 1. The van der Waals surface area contributed by atoms with Crippen LogP contribution in [0.25, 0.3) is 0 Å². The number of guanidine groups is 1. The number of esters is 1. The summed E-state index contributed by atoms with van der Waals surface area (Å²) < 4.78 is 35.4. The van der Waals surface area contributed by atoms with Crippen LogP contribution >= 0.6 is 15.9 Å². The van der Waals surface area contributed by atoms with E-state index in [1.807, 2.05) is 6.92 Å². The van der Waals surface area contributed by atoms with Crippen molar-refractivity contribution in [1.29, 1.82) is 0 Å². The van der Waals surface area contributed by atoms with Crippen molar-refractivity contribution in [1.82, 2.24) is 10.2 Å². The fourth-order valence-electron chi connectivity index (χ4n) is 2.96. The number of carbonyl (C=O) groups is 1. The molecule has 150 valence electrons. The third-order valence-corrected chi connectivity index (χ3v) is 4.79. The van der Waals surface area contributed by atoms with E-state index in [1.54, 1.807) is 12.1 Å². The van der Waals surface area contributed by atoms with Crippen molar-refractivity contribution < 1.29 is 23.0 Å². The molecule has 1 aromatic carbocycles. The molecule has 1 heterocycles. The number of benzene rings is 1. The molecule has 1 fully saturated rings. The minimum Gasteiger partial charge on any atom is -0.469 e. The highest BCUT2D eigenvalue weighted by Gasteiger charge is 2.27. The van der Waals surface area contributed by atoms with Gasteiger partial charge in [-0.3, -0.25) is 4.79 Å². The highest BCUT2D eigenvalue weighted by Crippen LogP contribution is 2.26. The molecule has 0 saturated carbocycles. The molecule has 6 nitrogen and oxygen atoms in total. The predicted molar refractivity (Wildman–Crippen MR) is 102 cm³/mol. The smallest absolute Gasteiger partial charge is 0.387 e. The van der Waals surface area contributed by atoms with E-state index in [1.165, 1.54) is 13.2 Å². The van der Waals surface area contributed by atoms with Crippen molar-refractivity contribution in [3.8, 4) is 5.75 Å². The van der Waals surface area contributed by atoms with E-state index in [4.69, 9.17) is 4.74 Å². The van der Waals surface area contributed by atoms with Gasteiger partial charge >= 0.3 is 12.6 Å². The number of piperidine rings is 1. The van der Waals surface area contributed by atoms with Gasteiger partial charge in [0.15, 0.2) is 5.96 Å². The molecule has 1 saturated heterocycles. The molecule has 0 spiro atoms. The van der Waals surface area contributed by atoms with Crippen LogP contribution in [0.3, 0.4) is 0 Å². The minimum absolute atomic E-state index is 0.0924. The molecule has 0 aromatic heterocycles. The number of hydrogen-bond acceptors (Lipinski definition) is 4. The Morgan fingerprint density at radius 3 is 2.70 bits per heavy atom. The molecule has 0 atom stereocenters. The van der Waals surface area contributed by atoms with Crippen LogP contribution in [-0.2, 0) is 16.1 Å².